The summed E-state index contributed by atoms with van der Waals surface area (Å²) in [5.41, 5.74) is -0.529. The van der Waals surface area contributed by atoms with E-state index in [1.165, 1.54) is 6.07 Å². The van der Waals surface area contributed by atoms with Crippen LogP contribution >= 0.6 is 0 Å². The Morgan fingerprint density at radius 1 is 1.10 bits per heavy atom. The number of allylic oxidation sites excluding steroid dienone is 2. The number of para-hydroxylation sites is 1. The lowest BCUT2D eigenvalue weighted by Gasteiger charge is -2.24. The van der Waals surface area contributed by atoms with Gasteiger partial charge in [0.25, 0.3) is 0 Å². The van der Waals surface area contributed by atoms with Gasteiger partial charge in [0.1, 0.15) is 17.3 Å². The first-order chi connectivity index (χ1) is 9.99. The number of carbonyl (C=O) groups is 2. The maximum atomic E-state index is 13.6. The van der Waals surface area contributed by atoms with Crippen molar-refractivity contribution in [1.29, 1.82) is 0 Å². The fraction of sp³-hybridized carbons (Fsp3) is 0.333. The molecule has 1 aromatic rings. The average Bonchev–Trinajstić information content (AvgIpc) is 3.03. The lowest BCUT2D eigenvalue weighted by Crippen LogP contribution is -2.36. The molecule has 1 amide bonds. The molecule has 6 heteroatoms. The standard InChI is InChI=1S/C15H13F2NO3/c16-9-2-1-3-10(17)13(9)18-14(19)11-7-4-5-8(6-7)12(11)15(20)21/h1-5,7-8,11-12H,6H2,(H,18,19)(H,20,21)/t7?,8?,11-,12+/m0/s1. The van der Waals surface area contributed by atoms with Crippen LogP contribution in [0.5, 0.6) is 0 Å². The van der Waals surface area contributed by atoms with Gasteiger partial charge in [-0.05, 0) is 30.4 Å². The van der Waals surface area contributed by atoms with Gasteiger partial charge in [0.2, 0.25) is 5.91 Å². The van der Waals surface area contributed by atoms with Gasteiger partial charge in [-0.15, -0.1) is 0 Å². The van der Waals surface area contributed by atoms with Crippen molar-refractivity contribution in [2.75, 3.05) is 5.32 Å². The summed E-state index contributed by atoms with van der Waals surface area (Å²) in [7, 11) is 0. The summed E-state index contributed by atoms with van der Waals surface area (Å²) in [6, 6.07) is 3.27. The Balaban J connectivity index is 1.85. The number of rotatable bonds is 3. The molecule has 2 aliphatic carbocycles. The summed E-state index contributed by atoms with van der Waals surface area (Å²) < 4.78 is 27.1. The van der Waals surface area contributed by atoms with Gasteiger partial charge in [0.05, 0.1) is 11.8 Å². The van der Waals surface area contributed by atoms with E-state index in [2.05, 4.69) is 5.32 Å². The summed E-state index contributed by atoms with van der Waals surface area (Å²) >= 11 is 0. The van der Waals surface area contributed by atoms with E-state index < -0.39 is 41.0 Å². The molecule has 0 saturated heterocycles. The molecule has 3 rings (SSSR count). The molecule has 2 bridgehead atoms. The van der Waals surface area contributed by atoms with E-state index in [0.29, 0.717) is 6.42 Å². The van der Waals surface area contributed by atoms with E-state index in [4.69, 9.17) is 0 Å². The van der Waals surface area contributed by atoms with E-state index in [0.717, 1.165) is 12.1 Å². The molecule has 1 aromatic carbocycles. The van der Waals surface area contributed by atoms with Crippen molar-refractivity contribution in [3.63, 3.8) is 0 Å². The quantitative estimate of drug-likeness (QED) is 0.841. The number of amides is 1. The van der Waals surface area contributed by atoms with Crippen molar-refractivity contribution in [3.8, 4) is 0 Å². The Kier molecular flexibility index (Phi) is 3.23. The van der Waals surface area contributed by atoms with Crippen LogP contribution in [0.4, 0.5) is 14.5 Å². The van der Waals surface area contributed by atoms with Crippen LogP contribution in [0.2, 0.25) is 0 Å². The number of hydrogen-bond donors (Lipinski definition) is 2. The predicted molar refractivity (Wildman–Crippen MR) is 70.3 cm³/mol. The van der Waals surface area contributed by atoms with Crippen molar-refractivity contribution in [2.24, 2.45) is 23.7 Å². The second-order valence-corrected chi connectivity index (χ2v) is 5.42. The van der Waals surface area contributed by atoms with Gasteiger partial charge in [-0.3, -0.25) is 9.59 Å². The number of benzene rings is 1. The topological polar surface area (TPSA) is 66.4 Å². The largest absolute Gasteiger partial charge is 0.481 e. The highest BCUT2D eigenvalue weighted by Gasteiger charge is 2.51. The summed E-state index contributed by atoms with van der Waals surface area (Å²) in [4.78, 5) is 23.6. The second-order valence-electron chi connectivity index (χ2n) is 5.42. The second kappa shape index (κ2) is 4.95. The number of hydrogen-bond acceptors (Lipinski definition) is 2. The van der Waals surface area contributed by atoms with Crippen molar-refractivity contribution in [3.05, 3.63) is 42.0 Å². The average molecular weight is 293 g/mol. The normalized spacial score (nSPS) is 29.6. The molecule has 4 atom stereocenters. The number of carboxylic acids is 1. The Hall–Kier alpha value is -2.24. The molecule has 2 aliphatic rings. The Morgan fingerprint density at radius 3 is 2.24 bits per heavy atom. The minimum Gasteiger partial charge on any atom is -0.481 e. The molecule has 0 radical (unpaired) electrons. The molecule has 110 valence electrons. The van der Waals surface area contributed by atoms with E-state index in [9.17, 15) is 23.5 Å². The molecule has 4 nitrogen and oxygen atoms in total. The van der Waals surface area contributed by atoms with Crippen LogP contribution in [0.25, 0.3) is 0 Å². The molecule has 0 heterocycles. The lowest BCUT2D eigenvalue weighted by molar-refractivity contribution is -0.146. The number of carboxylic acid groups (broad SMARTS) is 1. The molecule has 1 fully saturated rings. The summed E-state index contributed by atoms with van der Waals surface area (Å²) in [5.74, 6) is -5.47. The van der Waals surface area contributed by atoms with Crippen LogP contribution in [0, 0.1) is 35.3 Å². The molecular weight excluding hydrogens is 280 g/mol. The summed E-state index contributed by atoms with van der Waals surface area (Å²) in [6.07, 6.45) is 4.21. The molecule has 1 saturated carbocycles. The van der Waals surface area contributed by atoms with Crippen LogP contribution in [0.1, 0.15) is 6.42 Å². The van der Waals surface area contributed by atoms with E-state index in [1.807, 2.05) is 6.08 Å². The van der Waals surface area contributed by atoms with Crippen LogP contribution in [-0.4, -0.2) is 17.0 Å². The fourth-order valence-electron chi connectivity index (χ4n) is 3.34. The molecular formula is C15H13F2NO3. The molecule has 0 aliphatic heterocycles. The van der Waals surface area contributed by atoms with Gasteiger partial charge >= 0.3 is 5.97 Å². The van der Waals surface area contributed by atoms with E-state index >= 15 is 0 Å². The third-order valence-corrected chi connectivity index (χ3v) is 4.26. The number of fused-ring (bicyclic) bond motifs is 2. The van der Waals surface area contributed by atoms with Crippen molar-refractivity contribution < 1.29 is 23.5 Å². The Bertz CT molecular complexity index is 624. The van der Waals surface area contributed by atoms with Gasteiger partial charge in [0.15, 0.2) is 0 Å². The monoisotopic (exact) mass is 293 g/mol. The maximum Gasteiger partial charge on any atom is 0.307 e. The Labute approximate surface area is 119 Å². The zero-order valence-corrected chi connectivity index (χ0v) is 10.9. The van der Waals surface area contributed by atoms with Crippen molar-refractivity contribution >= 4 is 17.6 Å². The van der Waals surface area contributed by atoms with Gasteiger partial charge in [-0.1, -0.05) is 18.2 Å². The lowest BCUT2D eigenvalue weighted by atomic mass is 9.82. The third kappa shape index (κ3) is 2.20. The molecule has 2 N–H and O–H groups in total. The number of anilines is 1. The van der Waals surface area contributed by atoms with Crippen LogP contribution in [0.15, 0.2) is 30.4 Å². The molecule has 0 spiro atoms. The third-order valence-electron chi connectivity index (χ3n) is 4.26. The van der Waals surface area contributed by atoms with Crippen LogP contribution in [0.3, 0.4) is 0 Å². The summed E-state index contributed by atoms with van der Waals surface area (Å²) in [6.45, 7) is 0. The molecule has 0 aromatic heterocycles. The van der Waals surface area contributed by atoms with Crippen molar-refractivity contribution in [1.82, 2.24) is 0 Å². The smallest absolute Gasteiger partial charge is 0.307 e. The van der Waals surface area contributed by atoms with Gasteiger partial charge < -0.3 is 10.4 Å². The number of aliphatic carboxylic acids is 1. The number of nitrogens with one attached hydrogen (secondary N) is 1. The van der Waals surface area contributed by atoms with E-state index in [1.54, 1.807) is 6.08 Å². The minimum absolute atomic E-state index is 0.186. The zero-order chi connectivity index (χ0) is 15.1. The van der Waals surface area contributed by atoms with Crippen molar-refractivity contribution in [2.45, 2.75) is 6.42 Å². The number of halogens is 2. The van der Waals surface area contributed by atoms with Crippen LogP contribution < -0.4 is 5.32 Å². The first-order valence-electron chi connectivity index (χ1n) is 6.65. The molecule has 21 heavy (non-hydrogen) atoms. The fourth-order valence-corrected chi connectivity index (χ4v) is 3.34. The highest BCUT2D eigenvalue weighted by Crippen LogP contribution is 2.48. The SMILES string of the molecule is O=C(O)[C@@H]1C2C=CC(C2)[C@@H]1C(=O)Nc1c(F)cccc1F. The van der Waals surface area contributed by atoms with E-state index in [-0.39, 0.29) is 11.8 Å². The highest BCUT2D eigenvalue weighted by atomic mass is 19.1. The van der Waals surface area contributed by atoms with Gasteiger partial charge in [-0.2, -0.15) is 0 Å². The summed E-state index contributed by atoms with van der Waals surface area (Å²) in [5, 5.41) is 11.5. The van der Waals surface area contributed by atoms with Gasteiger partial charge in [0, 0.05) is 0 Å². The Morgan fingerprint density at radius 2 is 1.67 bits per heavy atom. The minimum atomic E-state index is -1.05. The first kappa shape index (κ1) is 13.7. The molecule has 2 unspecified atom stereocenters. The zero-order valence-electron chi connectivity index (χ0n) is 10.9. The maximum absolute atomic E-state index is 13.6. The number of carbonyl (C=O) groups excluding carboxylic acids is 1. The van der Waals surface area contributed by atoms with Crippen LogP contribution in [-0.2, 0) is 9.59 Å². The highest BCUT2D eigenvalue weighted by molar-refractivity contribution is 5.96. The predicted octanol–water partition coefficient (Wildman–Crippen LogP) is 2.43. The van der Waals surface area contributed by atoms with Gasteiger partial charge in [-0.25, -0.2) is 8.78 Å². The first-order valence-corrected chi connectivity index (χ1v) is 6.65.